The van der Waals surface area contributed by atoms with Gasteiger partial charge in [0.25, 0.3) is 0 Å². The Balaban J connectivity index is 1.28. The van der Waals surface area contributed by atoms with Crippen LogP contribution >= 0.6 is 12.2 Å². The van der Waals surface area contributed by atoms with Gasteiger partial charge in [0.1, 0.15) is 6.54 Å². The van der Waals surface area contributed by atoms with Crippen molar-refractivity contribution in [2.45, 2.75) is 20.0 Å². The van der Waals surface area contributed by atoms with Gasteiger partial charge in [0, 0.05) is 38.3 Å². The van der Waals surface area contributed by atoms with Gasteiger partial charge in [-0.05, 0) is 30.8 Å². The van der Waals surface area contributed by atoms with Crippen molar-refractivity contribution >= 4 is 24.0 Å². The lowest BCUT2D eigenvalue weighted by atomic mass is 10.1. The zero-order valence-electron chi connectivity index (χ0n) is 18.7. The molecule has 172 valence electrons. The molecule has 4 rings (SSSR count). The monoisotopic (exact) mass is 464 g/mol. The molecule has 0 bridgehead atoms. The van der Waals surface area contributed by atoms with Crippen molar-refractivity contribution in [3.05, 3.63) is 70.5 Å². The second-order valence-electron chi connectivity index (χ2n) is 8.23. The Morgan fingerprint density at radius 2 is 1.79 bits per heavy atom. The highest BCUT2D eigenvalue weighted by atomic mass is 32.1. The number of nitrogens with zero attached hydrogens (tertiary/aromatic N) is 4. The van der Waals surface area contributed by atoms with Gasteiger partial charge < -0.3 is 10.2 Å². The van der Waals surface area contributed by atoms with Crippen LogP contribution in [0.4, 0.5) is 0 Å². The molecule has 0 spiro atoms. The SMILES string of the molecule is Cc1cccc(-c2n[nH]c(=S)n2CC(=O)N2CCN(CC(=O)NCc3ccccc3)CC2)c1. The second kappa shape index (κ2) is 10.5. The van der Waals surface area contributed by atoms with Crippen LogP contribution in [-0.4, -0.2) is 69.1 Å². The molecule has 1 aromatic heterocycles. The lowest BCUT2D eigenvalue weighted by molar-refractivity contribution is -0.133. The van der Waals surface area contributed by atoms with Crippen LogP contribution in [0.1, 0.15) is 11.1 Å². The fourth-order valence-electron chi connectivity index (χ4n) is 3.92. The van der Waals surface area contributed by atoms with E-state index in [0.717, 1.165) is 16.7 Å². The van der Waals surface area contributed by atoms with E-state index in [1.807, 2.05) is 66.4 Å². The summed E-state index contributed by atoms with van der Waals surface area (Å²) in [4.78, 5) is 29.2. The summed E-state index contributed by atoms with van der Waals surface area (Å²) in [5.74, 6) is 0.645. The van der Waals surface area contributed by atoms with E-state index in [4.69, 9.17) is 12.2 Å². The van der Waals surface area contributed by atoms with Gasteiger partial charge in [-0.15, -0.1) is 0 Å². The normalized spacial score (nSPS) is 14.3. The summed E-state index contributed by atoms with van der Waals surface area (Å²) in [7, 11) is 0. The third-order valence-electron chi connectivity index (χ3n) is 5.75. The van der Waals surface area contributed by atoms with E-state index in [1.165, 1.54) is 0 Å². The summed E-state index contributed by atoms with van der Waals surface area (Å²) < 4.78 is 2.17. The van der Waals surface area contributed by atoms with Gasteiger partial charge in [-0.2, -0.15) is 5.10 Å². The van der Waals surface area contributed by atoms with E-state index in [9.17, 15) is 9.59 Å². The number of benzene rings is 2. The third-order valence-corrected chi connectivity index (χ3v) is 6.06. The molecule has 0 atom stereocenters. The molecule has 33 heavy (non-hydrogen) atoms. The molecular formula is C24H28N6O2S. The molecule has 2 heterocycles. The Kier molecular flexibility index (Phi) is 7.31. The van der Waals surface area contributed by atoms with E-state index in [1.54, 1.807) is 4.57 Å². The minimum absolute atomic E-state index is 0.00502. The van der Waals surface area contributed by atoms with Crippen LogP contribution in [0.15, 0.2) is 54.6 Å². The molecule has 0 aliphatic carbocycles. The molecule has 2 N–H and O–H groups in total. The summed E-state index contributed by atoms with van der Waals surface area (Å²) in [6, 6.07) is 17.8. The smallest absolute Gasteiger partial charge is 0.242 e. The van der Waals surface area contributed by atoms with E-state index < -0.39 is 0 Å². The van der Waals surface area contributed by atoms with Crippen molar-refractivity contribution in [3.8, 4) is 11.4 Å². The van der Waals surface area contributed by atoms with Gasteiger partial charge in [0.2, 0.25) is 11.8 Å². The van der Waals surface area contributed by atoms with E-state index in [-0.39, 0.29) is 18.4 Å². The summed E-state index contributed by atoms with van der Waals surface area (Å²) in [6.45, 7) is 5.48. The number of aromatic nitrogens is 3. The van der Waals surface area contributed by atoms with Crippen LogP contribution in [0.2, 0.25) is 0 Å². The lowest BCUT2D eigenvalue weighted by Gasteiger charge is -2.34. The Hall–Kier alpha value is -3.30. The predicted octanol–water partition coefficient (Wildman–Crippen LogP) is 2.38. The zero-order chi connectivity index (χ0) is 23.2. The maximum absolute atomic E-state index is 13.0. The van der Waals surface area contributed by atoms with Crippen molar-refractivity contribution in [2.24, 2.45) is 0 Å². The van der Waals surface area contributed by atoms with Crippen molar-refractivity contribution in [1.82, 2.24) is 29.9 Å². The van der Waals surface area contributed by atoms with E-state index in [2.05, 4.69) is 20.4 Å². The summed E-state index contributed by atoms with van der Waals surface area (Å²) in [5, 5.41) is 10.1. The number of amides is 2. The van der Waals surface area contributed by atoms with Gasteiger partial charge in [-0.1, -0.05) is 54.1 Å². The third kappa shape index (κ3) is 5.94. The standard InChI is InChI=1S/C24H28N6O2S/c1-18-6-5-9-20(14-18)23-26-27-24(33)30(23)17-22(32)29-12-10-28(11-13-29)16-21(31)25-15-19-7-3-2-4-8-19/h2-9,14H,10-13,15-17H2,1H3,(H,25,31)(H,27,33). The molecule has 3 aromatic rings. The molecule has 0 radical (unpaired) electrons. The summed E-state index contributed by atoms with van der Waals surface area (Å²) in [6.07, 6.45) is 0. The van der Waals surface area contributed by atoms with Crippen LogP contribution in [-0.2, 0) is 22.7 Å². The Morgan fingerprint density at radius 3 is 2.52 bits per heavy atom. The molecule has 0 unspecified atom stereocenters. The van der Waals surface area contributed by atoms with Crippen molar-refractivity contribution < 1.29 is 9.59 Å². The predicted molar refractivity (Wildman–Crippen MR) is 129 cm³/mol. The average Bonchev–Trinajstić information content (AvgIpc) is 3.19. The highest BCUT2D eigenvalue weighted by Crippen LogP contribution is 2.19. The number of piperazine rings is 1. The largest absolute Gasteiger partial charge is 0.351 e. The number of carbonyl (C=O) groups excluding carboxylic acids is 2. The van der Waals surface area contributed by atoms with Crippen molar-refractivity contribution in [1.29, 1.82) is 0 Å². The van der Waals surface area contributed by atoms with E-state index in [0.29, 0.717) is 49.9 Å². The Labute approximate surface area is 198 Å². The van der Waals surface area contributed by atoms with Gasteiger partial charge in [-0.25, -0.2) is 0 Å². The number of rotatable bonds is 7. The van der Waals surface area contributed by atoms with E-state index >= 15 is 0 Å². The molecule has 0 saturated carbocycles. The van der Waals surface area contributed by atoms with Gasteiger partial charge >= 0.3 is 0 Å². The van der Waals surface area contributed by atoms with Crippen LogP contribution in [0.5, 0.6) is 0 Å². The van der Waals surface area contributed by atoms with Crippen LogP contribution in [0, 0.1) is 11.7 Å². The van der Waals surface area contributed by atoms with Gasteiger partial charge in [0.15, 0.2) is 10.6 Å². The number of hydrogen-bond donors (Lipinski definition) is 2. The Bertz CT molecular complexity index is 1160. The van der Waals surface area contributed by atoms with Crippen LogP contribution in [0.25, 0.3) is 11.4 Å². The zero-order valence-corrected chi connectivity index (χ0v) is 19.5. The topological polar surface area (TPSA) is 86.3 Å². The number of H-pyrrole nitrogens is 1. The molecule has 1 fully saturated rings. The first-order valence-electron chi connectivity index (χ1n) is 11.0. The highest BCUT2D eigenvalue weighted by molar-refractivity contribution is 7.71. The lowest BCUT2D eigenvalue weighted by Crippen LogP contribution is -2.51. The second-order valence-corrected chi connectivity index (χ2v) is 8.61. The molecule has 2 amide bonds. The fourth-order valence-corrected chi connectivity index (χ4v) is 4.11. The number of aromatic amines is 1. The average molecular weight is 465 g/mol. The molecule has 1 aliphatic heterocycles. The first-order chi connectivity index (χ1) is 16.0. The Morgan fingerprint density at radius 1 is 1.03 bits per heavy atom. The minimum Gasteiger partial charge on any atom is -0.351 e. The van der Waals surface area contributed by atoms with Crippen molar-refractivity contribution in [3.63, 3.8) is 0 Å². The summed E-state index contributed by atoms with van der Waals surface area (Å²) in [5.41, 5.74) is 3.11. The van der Waals surface area contributed by atoms with Crippen molar-refractivity contribution in [2.75, 3.05) is 32.7 Å². The fraction of sp³-hybridized carbons (Fsp3) is 0.333. The maximum atomic E-state index is 13.0. The highest BCUT2D eigenvalue weighted by Gasteiger charge is 2.23. The number of aryl methyl sites for hydroxylation is 1. The summed E-state index contributed by atoms with van der Waals surface area (Å²) >= 11 is 5.37. The first-order valence-corrected chi connectivity index (χ1v) is 11.4. The van der Waals surface area contributed by atoms with Gasteiger partial charge in [-0.3, -0.25) is 24.2 Å². The first kappa shape index (κ1) is 22.9. The molecule has 1 aliphatic rings. The molecule has 8 nitrogen and oxygen atoms in total. The number of carbonyl (C=O) groups is 2. The quantitative estimate of drug-likeness (QED) is 0.525. The van der Waals surface area contributed by atoms with Crippen LogP contribution < -0.4 is 5.32 Å². The molecule has 9 heteroatoms. The number of hydrogen-bond acceptors (Lipinski definition) is 5. The molecule has 2 aromatic carbocycles. The molecule has 1 saturated heterocycles. The molecular weight excluding hydrogens is 436 g/mol. The minimum atomic E-state index is -0.00822. The van der Waals surface area contributed by atoms with Gasteiger partial charge in [0.05, 0.1) is 6.54 Å². The maximum Gasteiger partial charge on any atom is 0.242 e. The number of nitrogens with one attached hydrogen (secondary N) is 2. The van der Waals surface area contributed by atoms with Crippen LogP contribution in [0.3, 0.4) is 0 Å².